The summed E-state index contributed by atoms with van der Waals surface area (Å²) >= 11 is 14.0. The van der Waals surface area contributed by atoms with Gasteiger partial charge in [-0.25, -0.2) is 0 Å². The summed E-state index contributed by atoms with van der Waals surface area (Å²) in [4.78, 5) is 0. The molecule has 0 saturated heterocycles. The van der Waals surface area contributed by atoms with E-state index in [0.29, 0.717) is 11.4 Å². The molecule has 140 valence electrons. The van der Waals surface area contributed by atoms with Crippen LogP contribution in [0.5, 0.6) is 0 Å². The Morgan fingerprint density at radius 3 is 2.25 bits per heavy atom. The summed E-state index contributed by atoms with van der Waals surface area (Å²) in [6.07, 6.45) is 0.698. The molecular weight excluding hydrogens is 409 g/mol. The Kier molecular flexibility index (Phi) is 6.01. The molecule has 0 saturated carbocycles. The van der Waals surface area contributed by atoms with Gasteiger partial charge in [0.15, 0.2) is 5.16 Å². The van der Waals surface area contributed by atoms with Crippen molar-refractivity contribution < 1.29 is 0 Å². The average Bonchev–Trinajstić information content (AvgIpc) is 3.11. The van der Waals surface area contributed by atoms with Gasteiger partial charge in [-0.05, 0) is 41.5 Å². The highest BCUT2D eigenvalue weighted by molar-refractivity contribution is 7.98. The second-order valence-corrected chi connectivity index (χ2v) is 8.04. The van der Waals surface area contributed by atoms with Crippen molar-refractivity contribution >= 4 is 35.0 Å². The molecule has 0 spiro atoms. The SMILES string of the molecule is Clc1ccc(-n2c(Cc3ccccc3)nnc2SCc2ccccc2Cl)cc1. The highest BCUT2D eigenvalue weighted by Gasteiger charge is 2.15. The molecule has 0 aliphatic heterocycles. The molecule has 3 nitrogen and oxygen atoms in total. The molecule has 4 rings (SSSR count). The Morgan fingerprint density at radius 1 is 0.786 bits per heavy atom. The third-order valence-corrected chi connectivity index (χ3v) is 5.90. The average molecular weight is 426 g/mol. The predicted octanol–water partition coefficient (Wildman–Crippen LogP) is 6.46. The molecule has 0 atom stereocenters. The Balaban J connectivity index is 1.67. The quantitative estimate of drug-likeness (QED) is 0.332. The monoisotopic (exact) mass is 425 g/mol. The fraction of sp³-hybridized carbons (Fsp3) is 0.0909. The number of benzene rings is 3. The minimum atomic E-state index is 0.698. The lowest BCUT2D eigenvalue weighted by Gasteiger charge is -2.11. The van der Waals surface area contributed by atoms with Crippen molar-refractivity contribution in [3.05, 3.63) is 106 Å². The van der Waals surface area contributed by atoms with Gasteiger partial charge in [0.1, 0.15) is 5.82 Å². The summed E-state index contributed by atoms with van der Waals surface area (Å²) in [6, 6.07) is 25.9. The molecular formula is C22H17Cl2N3S. The molecule has 0 aliphatic carbocycles. The van der Waals surface area contributed by atoms with Gasteiger partial charge >= 0.3 is 0 Å². The number of nitrogens with zero attached hydrogens (tertiary/aromatic N) is 3. The van der Waals surface area contributed by atoms with E-state index < -0.39 is 0 Å². The highest BCUT2D eigenvalue weighted by atomic mass is 35.5. The second-order valence-electron chi connectivity index (χ2n) is 6.25. The molecule has 1 aromatic heterocycles. The Bertz CT molecular complexity index is 1060. The van der Waals surface area contributed by atoms with Gasteiger partial charge in [-0.15, -0.1) is 10.2 Å². The molecule has 4 aromatic rings. The minimum absolute atomic E-state index is 0.698. The van der Waals surface area contributed by atoms with Crippen molar-refractivity contribution in [3.63, 3.8) is 0 Å². The molecule has 0 amide bonds. The molecule has 28 heavy (non-hydrogen) atoms. The van der Waals surface area contributed by atoms with Gasteiger partial charge in [0, 0.05) is 27.9 Å². The van der Waals surface area contributed by atoms with Crippen LogP contribution >= 0.6 is 35.0 Å². The lowest BCUT2D eigenvalue weighted by Crippen LogP contribution is -2.04. The highest BCUT2D eigenvalue weighted by Crippen LogP contribution is 2.29. The summed E-state index contributed by atoms with van der Waals surface area (Å²) < 4.78 is 2.09. The predicted molar refractivity (Wildman–Crippen MR) is 117 cm³/mol. The summed E-state index contributed by atoms with van der Waals surface area (Å²) in [6.45, 7) is 0. The summed E-state index contributed by atoms with van der Waals surface area (Å²) in [5, 5.41) is 11.2. The Hall–Kier alpha value is -2.27. The van der Waals surface area contributed by atoms with E-state index in [-0.39, 0.29) is 0 Å². The largest absolute Gasteiger partial charge is 0.274 e. The van der Waals surface area contributed by atoms with Crippen LogP contribution in [0.1, 0.15) is 17.0 Å². The molecule has 0 aliphatic rings. The van der Waals surface area contributed by atoms with Crippen LogP contribution in [0.3, 0.4) is 0 Å². The molecule has 3 aromatic carbocycles. The first-order valence-corrected chi connectivity index (χ1v) is 10.6. The van der Waals surface area contributed by atoms with Gasteiger partial charge in [0.25, 0.3) is 0 Å². The van der Waals surface area contributed by atoms with Gasteiger partial charge in [-0.1, -0.05) is 83.5 Å². The normalized spacial score (nSPS) is 10.9. The zero-order valence-electron chi connectivity index (χ0n) is 14.9. The topological polar surface area (TPSA) is 30.7 Å². The van der Waals surface area contributed by atoms with Crippen molar-refractivity contribution in [1.82, 2.24) is 14.8 Å². The smallest absolute Gasteiger partial charge is 0.196 e. The van der Waals surface area contributed by atoms with Crippen LogP contribution in [0.4, 0.5) is 0 Å². The fourth-order valence-electron chi connectivity index (χ4n) is 2.89. The zero-order valence-corrected chi connectivity index (χ0v) is 17.3. The van der Waals surface area contributed by atoms with E-state index in [9.17, 15) is 0 Å². The van der Waals surface area contributed by atoms with Gasteiger partial charge in [-0.3, -0.25) is 4.57 Å². The van der Waals surface area contributed by atoms with Crippen LogP contribution in [0.2, 0.25) is 10.0 Å². The van der Waals surface area contributed by atoms with E-state index in [1.54, 1.807) is 11.8 Å². The lowest BCUT2D eigenvalue weighted by molar-refractivity contribution is 0.848. The third kappa shape index (κ3) is 4.41. The van der Waals surface area contributed by atoms with E-state index in [1.807, 2.05) is 66.7 Å². The molecule has 0 N–H and O–H groups in total. The first kappa shape index (κ1) is 19.1. The van der Waals surface area contributed by atoms with E-state index in [1.165, 1.54) is 5.56 Å². The van der Waals surface area contributed by atoms with Crippen molar-refractivity contribution in [1.29, 1.82) is 0 Å². The van der Waals surface area contributed by atoms with Crippen molar-refractivity contribution in [2.75, 3.05) is 0 Å². The fourth-order valence-corrected chi connectivity index (χ4v) is 4.28. The standard InChI is InChI=1S/C22H17Cl2N3S/c23-18-10-12-19(13-11-18)27-21(14-16-6-2-1-3-7-16)25-26-22(27)28-15-17-8-4-5-9-20(17)24/h1-13H,14-15H2. The first-order valence-electron chi connectivity index (χ1n) is 8.81. The van der Waals surface area contributed by atoms with Crippen molar-refractivity contribution in [3.8, 4) is 5.69 Å². The van der Waals surface area contributed by atoms with E-state index in [0.717, 1.165) is 33.0 Å². The number of aromatic nitrogens is 3. The first-order chi connectivity index (χ1) is 13.7. The second kappa shape index (κ2) is 8.82. The van der Waals surface area contributed by atoms with Crippen LogP contribution in [0, 0.1) is 0 Å². The van der Waals surface area contributed by atoms with Gasteiger partial charge in [-0.2, -0.15) is 0 Å². The molecule has 0 fully saturated rings. The Labute approximate surface area is 178 Å². The maximum absolute atomic E-state index is 6.31. The summed E-state index contributed by atoms with van der Waals surface area (Å²) in [5.74, 6) is 1.60. The number of thioether (sulfide) groups is 1. The van der Waals surface area contributed by atoms with Crippen LogP contribution in [0.15, 0.2) is 84.0 Å². The van der Waals surface area contributed by atoms with Crippen molar-refractivity contribution in [2.24, 2.45) is 0 Å². The number of hydrogen-bond acceptors (Lipinski definition) is 3. The maximum Gasteiger partial charge on any atom is 0.196 e. The van der Waals surface area contributed by atoms with E-state index in [2.05, 4.69) is 26.9 Å². The van der Waals surface area contributed by atoms with Crippen molar-refractivity contribution in [2.45, 2.75) is 17.3 Å². The zero-order chi connectivity index (χ0) is 19.3. The number of hydrogen-bond donors (Lipinski definition) is 0. The van der Waals surface area contributed by atoms with Crippen LogP contribution in [0.25, 0.3) is 5.69 Å². The van der Waals surface area contributed by atoms with Gasteiger partial charge in [0.05, 0.1) is 0 Å². The Morgan fingerprint density at radius 2 is 1.50 bits per heavy atom. The summed E-state index contributed by atoms with van der Waals surface area (Å²) in [7, 11) is 0. The third-order valence-electron chi connectivity index (χ3n) is 4.30. The van der Waals surface area contributed by atoms with Gasteiger partial charge < -0.3 is 0 Å². The van der Waals surface area contributed by atoms with Gasteiger partial charge in [0.2, 0.25) is 0 Å². The molecule has 0 radical (unpaired) electrons. The van der Waals surface area contributed by atoms with E-state index >= 15 is 0 Å². The molecule has 0 unspecified atom stereocenters. The summed E-state index contributed by atoms with van der Waals surface area (Å²) in [5.41, 5.74) is 3.25. The van der Waals surface area contributed by atoms with Crippen LogP contribution < -0.4 is 0 Å². The molecule has 0 bridgehead atoms. The number of halogens is 2. The van der Waals surface area contributed by atoms with Crippen LogP contribution in [-0.4, -0.2) is 14.8 Å². The molecule has 1 heterocycles. The van der Waals surface area contributed by atoms with E-state index in [4.69, 9.17) is 23.2 Å². The minimum Gasteiger partial charge on any atom is -0.274 e. The lowest BCUT2D eigenvalue weighted by atomic mass is 10.1. The number of rotatable bonds is 6. The molecule has 6 heteroatoms. The maximum atomic E-state index is 6.31. The van der Waals surface area contributed by atoms with Crippen LogP contribution in [-0.2, 0) is 12.2 Å².